The Morgan fingerprint density at radius 2 is 2.07 bits per heavy atom. The largest absolute Gasteiger partial charge is 0.396 e. The van der Waals surface area contributed by atoms with Crippen LogP contribution in [0.4, 0.5) is 0 Å². The number of hydrogen-bond acceptors (Lipinski definition) is 4. The van der Waals surface area contributed by atoms with Crippen LogP contribution in [-0.4, -0.2) is 48.7 Å². The number of aliphatic hydroxyl groups is 2. The van der Waals surface area contributed by atoms with Crippen LogP contribution in [0.25, 0.3) is 0 Å². The van der Waals surface area contributed by atoms with Gasteiger partial charge in [0, 0.05) is 26.3 Å². The van der Waals surface area contributed by atoms with Crippen molar-refractivity contribution in [3.63, 3.8) is 0 Å². The van der Waals surface area contributed by atoms with Gasteiger partial charge in [-0.1, -0.05) is 12.8 Å². The zero-order chi connectivity index (χ0) is 11.1. The summed E-state index contributed by atoms with van der Waals surface area (Å²) in [5.41, 5.74) is -0.526. The number of aliphatic hydroxyl groups excluding tert-OH is 1. The zero-order valence-corrected chi connectivity index (χ0v) is 9.54. The van der Waals surface area contributed by atoms with Crippen molar-refractivity contribution >= 4 is 0 Å². The van der Waals surface area contributed by atoms with E-state index < -0.39 is 5.60 Å². The fraction of sp³-hybridized carbons (Fsp3) is 1.00. The molecule has 0 aliphatic heterocycles. The van der Waals surface area contributed by atoms with Gasteiger partial charge in [0.25, 0.3) is 0 Å². The van der Waals surface area contributed by atoms with Crippen molar-refractivity contribution in [1.29, 1.82) is 0 Å². The Hall–Kier alpha value is -0.160. The smallest absolute Gasteiger partial charge is 0.0771 e. The fourth-order valence-corrected chi connectivity index (χ4v) is 2.15. The van der Waals surface area contributed by atoms with Gasteiger partial charge in [-0.05, 0) is 19.3 Å². The summed E-state index contributed by atoms with van der Waals surface area (Å²) in [5, 5.41) is 22.2. The lowest BCUT2D eigenvalue weighted by Crippen LogP contribution is -2.44. The van der Waals surface area contributed by atoms with Gasteiger partial charge in [0.1, 0.15) is 0 Å². The lowest BCUT2D eigenvalue weighted by Gasteiger charge is -2.26. The second-order valence-electron chi connectivity index (χ2n) is 4.48. The quantitative estimate of drug-likeness (QED) is 0.573. The van der Waals surface area contributed by atoms with E-state index in [1.54, 1.807) is 7.11 Å². The first-order valence-electron chi connectivity index (χ1n) is 5.76. The van der Waals surface area contributed by atoms with Crippen molar-refractivity contribution in [1.82, 2.24) is 5.32 Å². The van der Waals surface area contributed by atoms with Crippen LogP contribution >= 0.6 is 0 Å². The average molecular weight is 217 g/mol. The predicted molar refractivity (Wildman–Crippen MR) is 58.8 cm³/mol. The molecular weight excluding hydrogens is 194 g/mol. The highest BCUT2D eigenvalue weighted by Gasteiger charge is 2.31. The van der Waals surface area contributed by atoms with Crippen molar-refractivity contribution < 1.29 is 14.9 Å². The Morgan fingerprint density at radius 1 is 1.40 bits per heavy atom. The average Bonchev–Trinajstić information content (AvgIpc) is 2.63. The number of nitrogens with one attached hydrogen (secondary N) is 1. The number of rotatable bonds is 7. The van der Waals surface area contributed by atoms with Crippen molar-refractivity contribution in [2.24, 2.45) is 0 Å². The summed E-state index contributed by atoms with van der Waals surface area (Å²) >= 11 is 0. The molecule has 1 fully saturated rings. The molecule has 0 heterocycles. The maximum atomic E-state index is 10.1. The Kier molecular flexibility index (Phi) is 5.53. The van der Waals surface area contributed by atoms with Crippen LogP contribution in [0.2, 0.25) is 0 Å². The van der Waals surface area contributed by atoms with E-state index in [4.69, 9.17) is 9.84 Å². The predicted octanol–water partition coefficient (Wildman–Crippen LogP) is 0.278. The molecule has 1 rings (SSSR count). The van der Waals surface area contributed by atoms with Crippen LogP contribution in [0.5, 0.6) is 0 Å². The number of hydrogen-bond donors (Lipinski definition) is 3. The third kappa shape index (κ3) is 4.47. The van der Waals surface area contributed by atoms with E-state index in [1.807, 2.05) is 0 Å². The highest BCUT2D eigenvalue weighted by atomic mass is 16.5. The minimum Gasteiger partial charge on any atom is -0.396 e. The summed E-state index contributed by atoms with van der Waals surface area (Å²) in [6.45, 7) is 1.34. The molecule has 0 radical (unpaired) electrons. The van der Waals surface area contributed by atoms with E-state index in [-0.39, 0.29) is 12.6 Å². The molecule has 0 amide bonds. The Bertz CT molecular complexity index is 163. The molecule has 1 atom stereocenters. The van der Waals surface area contributed by atoms with Gasteiger partial charge in [0.15, 0.2) is 0 Å². The standard InChI is InChI=1S/C11H23NO3/c1-15-8-10(4-7-13)12-9-11(14)5-2-3-6-11/h10,12-14H,2-9H2,1H3. The van der Waals surface area contributed by atoms with Gasteiger partial charge in [-0.25, -0.2) is 0 Å². The molecule has 4 nitrogen and oxygen atoms in total. The van der Waals surface area contributed by atoms with Crippen molar-refractivity contribution in [3.05, 3.63) is 0 Å². The van der Waals surface area contributed by atoms with Crippen molar-refractivity contribution in [2.75, 3.05) is 26.9 Å². The monoisotopic (exact) mass is 217 g/mol. The molecule has 0 bridgehead atoms. The van der Waals surface area contributed by atoms with Gasteiger partial charge in [-0.15, -0.1) is 0 Å². The van der Waals surface area contributed by atoms with Gasteiger partial charge in [0.2, 0.25) is 0 Å². The van der Waals surface area contributed by atoms with Crippen molar-refractivity contribution in [3.8, 4) is 0 Å². The first-order chi connectivity index (χ1) is 7.20. The van der Waals surface area contributed by atoms with Crippen LogP contribution < -0.4 is 5.32 Å². The minimum absolute atomic E-state index is 0.143. The van der Waals surface area contributed by atoms with Gasteiger partial charge in [-0.3, -0.25) is 0 Å². The topological polar surface area (TPSA) is 61.7 Å². The molecule has 0 saturated heterocycles. The Labute approximate surface area is 91.6 Å². The van der Waals surface area contributed by atoms with E-state index in [9.17, 15) is 5.11 Å². The molecule has 15 heavy (non-hydrogen) atoms. The second kappa shape index (κ2) is 6.43. The summed E-state index contributed by atoms with van der Waals surface area (Å²) in [4.78, 5) is 0. The summed E-state index contributed by atoms with van der Waals surface area (Å²) in [5.74, 6) is 0. The summed E-state index contributed by atoms with van der Waals surface area (Å²) < 4.78 is 5.05. The fourth-order valence-electron chi connectivity index (χ4n) is 2.15. The molecule has 0 aromatic carbocycles. The molecule has 1 aliphatic rings. The van der Waals surface area contributed by atoms with E-state index >= 15 is 0 Å². The normalized spacial score (nSPS) is 21.8. The van der Waals surface area contributed by atoms with Crippen LogP contribution in [0.15, 0.2) is 0 Å². The molecule has 0 spiro atoms. The number of methoxy groups -OCH3 is 1. The highest BCUT2D eigenvalue weighted by molar-refractivity contribution is 4.87. The molecule has 1 saturated carbocycles. The second-order valence-corrected chi connectivity index (χ2v) is 4.48. The molecule has 90 valence electrons. The summed E-state index contributed by atoms with van der Waals surface area (Å²) in [7, 11) is 1.65. The molecule has 0 aromatic rings. The first-order valence-corrected chi connectivity index (χ1v) is 5.76. The Morgan fingerprint density at radius 3 is 2.60 bits per heavy atom. The lowest BCUT2D eigenvalue weighted by molar-refractivity contribution is 0.0388. The molecule has 1 aliphatic carbocycles. The minimum atomic E-state index is -0.526. The van der Waals surface area contributed by atoms with Crippen LogP contribution in [0, 0.1) is 0 Å². The summed E-state index contributed by atoms with van der Waals surface area (Å²) in [6, 6.07) is 0.143. The lowest BCUT2D eigenvalue weighted by atomic mass is 10.0. The van der Waals surface area contributed by atoms with Gasteiger partial charge in [-0.2, -0.15) is 0 Å². The highest BCUT2D eigenvalue weighted by Crippen LogP contribution is 2.28. The third-order valence-electron chi connectivity index (χ3n) is 3.10. The van der Waals surface area contributed by atoms with Crippen LogP contribution in [0.1, 0.15) is 32.1 Å². The van der Waals surface area contributed by atoms with Crippen LogP contribution in [0.3, 0.4) is 0 Å². The first kappa shape index (κ1) is 12.9. The molecule has 1 unspecified atom stereocenters. The molecule has 4 heteroatoms. The summed E-state index contributed by atoms with van der Waals surface area (Å²) in [6.07, 6.45) is 4.68. The third-order valence-corrected chi connectivity index (χ3v) is 3.10. The van der Waals surface area contributed by atoms with E-state index in [1.165, 1.54) is 0 Å². The molecule has 3 N–H and O–H groups in total. The van der Waals surface area contributed by atoms with Crippen molar-refractivity contribution in [2.45, 2.75) is 43.7 Å². The van der Waals surface area contributed by atoms with Gasteiger partial charge < -0.3 is 20.3 Å². The van der Waals surface area contributed by atoms with Crippen LogP contribution in [-0.2, 0) is 4.74 Å². The zero-order valence-electron chi connectivity index (χ0n) is 9.54. The molecule has 0 aromatic heterocycles. The van der Waals surface area contributed by atoms with E-state index in [2.05, 4.69) is 5.32 Å². The number of ether oxygens (including phenoxy) is 1. The maximum absolute atomic E-state index is 10.1. The van der Waals surface area contributed by atoms with E-state index in [0.29, 0.717) is 19.6 Å². The maximum Gasteiger partial charge on any atom is 0.0771 e. The molecular formula is C11H23NO3. The Balaban J connectivity index is 2.25. The van der Waals surface area contributed by atoms with Gasteiger partial charge in [0.05, 0.1) is 12.2 Å². The van der Waals surface area contributed by atoms with E-state index in [0.717, 1.165) is 25.7 Å². The van der Waals surface area contributed by atoms with Gasteiger partial charge >= 0.3 is 0 Å². The SMILES string of the molecule is COCC(CCO)NCC1(O)CCCC1.